The summed E-state index contributed by atoms with van der Waals surface area (Å²) < 4.78 is 0. The molecule has 94 valence electrons. The van der Waals surface area contributed by atoms with Gasteiger partial charge in [0.05, 0.1) is 22.7 Å². The van der Waals surface area contributed by atoms with Crippen LogP contribution in [0.3, 0.4) is 0 Å². The number of nitrogens with two attached hydrogens (primary N) is 6. The second-order valence-corrected chi connectivity index (χ2v) is 4.10. The van der Waals surface area contributed by atoms with E-state index in [1.807, 2.05) is 0 Å². The van der Waals surface area contributed by atoms with Crippen molar-refractivity contribution >= 4 is 34.1 Å². The molecule has 0 aromatic heterocycles. The lowest BCUT2D eigenvalue weighted by Gasteiger charge is -2.15. The van der Waals surface area contributed by atoms with Gasteiger partial charge in [0.25, 0.3) is 0 Å². The smallest absolute Gasteiger partial charge is 0.0809 e. The van der Waals surface area contributed by atoms with Crippen LogP contribution in [0.4, 0.5) is 34.1 Å². The minimum absolute atomic E-state index is 0.256. The zero-order chi connectivity index (χ0) is 13.4. The van der Waals surface area contributed by atoms with Crippen LogP contribution in [0.25, 0.3) is 11.1 Å². The topological polar surface area (TPSA) is 156 Å². The largest absolute Gasteiger partial charge is 0.399 e. The quantitative estimate of drug-likeness (QED) is 0.408. The van der Waals surface area contributed by atoms with Crippen molar-refractivity contribution in [2.24, 2.45) is 0 Å². The van der Waals surface area contributed by atoms with Gasteiger partial charge in [0, 0.05) is 22.5 Å². The summed E-state index contributed by atoms with van der Waals surface area (Å²) in [5, 5.41) is 0. The molecule has 0 aliphatic carbocycles. The number of nitrogen functional groups attached to an aromatic ring is 6. The minimum atomic E-state index is 0.256. The van der Waals surface area contributed by atoms with Crippen LogP contribution in [-0.4, -0.2) is 0 Å². The van der Waals surface area contributed by atoms with Crippen LogP contribution in [0.1, 0.15) is 0 Å². The third-order valence-corrected chi connectivity index (χ3v) is 2.85. The van der Waals surface area contributed by atoms with Crippen LogP contribution in [0.2, 0.25) is 0 Å². The van der Waals surface area contributed by atoms with Crippen LogP contribution in [-0.2, 0) is 0 Å². The van der Waals surface area contributed by atoms with Gasteiger partial charge in [-0.1, -0.05) is 0 Å². The van der Waals surface area contributed by atoms with Gasteiger partial charge >= 0.3 is 0 Å². The Hall–Kier alpha value is -2.76. The summed E-state index contributed by atoms with van der Waals surface area (Å²) in [6, 6.07) is 6.77. The molecule has 2 aromatic carbocycles. The number of hydrogen-bond donors (Lipinski definition) is 6. The second kappa shape index (κ2) is 3.92. The summed E-state index contributed by atoms with van der Waals surface area (Å²) in [6.07, 6.45) is 0. The highest BCUT2D eigenvalue weighted by atomic mass is 14.8. The molecular formula is C12H16N6. The Balaban J connectivity index is 2.75. The van der Waals surface area contributed by atoms with E-state index in [0.29, 0.717) is 33.9 Å². The third kappa shape index (κ3) is 1.69. The highest BCUT2D eigenvalue weighted by Crippen LogP contribution is 2.40. The first-order valence-electron chi connectivity index (χ1n) is 5.30. The van der Waals surface area contributed by atoms with Crippen molar-refractivity contribution in [1.82, 2.24) is 0 Å². The van der Waals surface area contributed by atoms with Gasteiger partial charge in [0.2, 0.25) is 0 Å². The average molecular weight is 244 g/mol. The van der Waals surface area contributed by atoms with Gasteiger partial charge in [-0.15, -0.1) is 0 Å². The van der Waals surface area contributed by atoms with Crippen molar-refractivity contribution in [3.63, 3.8) is 0 Å². The van der Waals surface area contributed by atoms with E-state index in [-0.39, 0.29) is 11.4 Å². The van der Waals surface area contributed by atoms with E-state index in [9.17, 15) is 0 Å². The molecule has 0 aliphatic rings. The lowest BCUT2D eigenvalue weighted by Crippen LogP contribution is -2.06. The van der Waals surface area contributed by atoms with Gasteiger partial charge in [-0.25, -0.2) is 0 Å². The molecule has 0 saturated carbocycles. The first-order chi connectivity index (χ1) is 8.41. The van der Waals surface area contributed by atoms with E-state index in [1.165, 1.54) is 0 Å². The summed E-state index contributed by atoms with van der Waals surface area (Å²) >= 11 is 0. The molecule has 0 saturated heterocycles. The molecule has 0 unspecified atom stereocenters. The molecule has 0 spiro atoms. The van der Waals surface area contributed by atoms with E-state index in [2.05, 4.69) is 0 Å². The summed E-state index contributed by atoms with van der Waals surface area (Å²) in [6.45, 7) is 0. The molecule has 0 fully saturated rings. The van der Waals surface area contributed by atoms with Gasteiger partial charge in [-0.05, 0) is 24.3 Å². The van der Waals surface area contributed by atoms with Gasteiger partial charge in [-0.2, -0.15) is 0 Å². The highest BCUT2D eigenvalue weighted by Gasteiger charge is 2.13. The molecular weight excluding hydrogens is 228 g/mol. The average Bonchev–Trinajstić information content (AvgIpc) is 2.34. The van der Waals surface area contributed by atoms with Crippen LogP contribution < -0.4 is 34.4 Å². The van der Waals surface area contributed by atoms with Crippen LogP contribution in [0, 0.1) is 0 Å². The molecule has 18 heavy (non-hydrogen) atoms. The normalized spacial score (nSPS) is 10.4. The van der Waals surface area contributed by atoms with Gasteiger partial charge in [0.15, 0.2) is 0 Å². The molecule has 6 heteroatoms. The molecule has 6 nitrogen and oxygen atoms in total. The van der Waals surface area contributed by atoms with Crippen LogP contribution in [0.5, 0.6) is 0 Å². The van der Waals surface area contributed by atoms with E-state index in [4.69, 9.17) is 34.4 Å². The second-order valence-electron chi connectivity index (χ2n) is 4.10. The van der Waals surface area contributed by atoms with Crippen molar-refractivity contribution in [2.45, 2.75) is 0 Å². The minimum Gasteiger partial charge on any atom is -0.399 e. The van der Waals surface area contributed by atoms with Crippen LogP contribution in [0.15, 0.2) is 24.3 Å². The van der Waals surface area contributed by atoms with Gasteiger partial charge in [0.1, 0.15) is 0 Å². The standard InChI is InChI=1S/C12H16N6/c13-5-1-2-8(14)6(3-5)7-4-9(15)11(17)12(18)10(7)16/h1-4H,13-18H2. The van der Waals surface area contributed by atoms with Crippen LogP contribution >= 0.6 is 0 Å². The maximum atomic E-state index is 5.95. The Labute approximate surface area is 105 Å². The predicted molar refractivity (Wildman–Crippen MR) is 78.4 cm³/mol. The SMILES string of the molecule is Nc1ccc(N)c(-c2cc(N)c(N)c(N)c2N)c1. The highest BCUT2D eigenvalue weighted by molar-refractivity contribution is 5.99. The van der Waals surface area contributed by atoms with Crippen molar-refractivity contribution in [3.8, 4) is 11.1 Å². The Morgan fingerprint density at radius 1 is 0.556 bits per heavy atom. The Kier molecular flexibility index (Phi) is 2.55. The summed E-state index contributed by atoms with van der Waals surface area (Å²) in [5.41, 5.74) is 38.6. The van der Waals surface area contributed by atoms with E-state index < -0.39 is 0 Å². The number of benzene rings is 2. The Bertz CT molecular complexity index is 620. The molecule has 0 atom stereocenters. The number of hydrogen-bond acceptors (Lipinski definition) is 6. The van der Waals surface area contributed by atoms with Crippen molar-refractivity contribution < 1.29 is 0 Å². The van der Waals surface area contributed by atoms with E-state index in [1.54, 1.807) is 24.3 Å². The van der Waals surface area contributed by atoms with Gasteiger partial charge < -0.3 is 34.4 Å². The Morgan fingerprint density at radius 3 is 1.89 bits per heavy atom. The fourth-order valence-electron chi connectivity index (χ4n) is 1.79. The maximum absolute atomic E-state index is 5.95. The van der Waals surface area contributed by atoms with Crippen molar-refractivity contribution in [1.29, 1.82) is 0 Å². The first kappa shape index (κ1) is 11.7. The molecule has 2 rings (SSSR count). The number of anilines is 6. The fraction of sp³-hybridized carbons (Fsp3) is 0. The summed E-state index contributed by atoms with van der Waals surface area (Å²) in [4.78, 5) is 0. The molecule has 0 aliphatic heterocycles. The zero-order valence-corrected chi connectivity index (χ0v) is 9.77. The Morgan fingerprint density at radius 2 is 1.22 bits per heavy atom. The molecule has 0 radical (unpaired) electrons. The fourth-order valence-corrected chi connectivity index (χ4v) is 1.79. The number of rotatable bonds is 1. The molecule has 0 amide bonds. The molecule has 2 aromatic rings. The monoisotopic (exact) mass is 244 g/mol. The lowest BCUT2D eigenvalue weighted by atomic mass is 9.99. The maximum Gasteiger partial charge on any atom is 0.0809 e. The first-order valence-corrected chi connectivity index (χ1v) is 5.30. The van der Waals surface area contributed by atoms with Gasteiger partial charge in [-0.3, -0.25) is 0 Å². The third-order valence-electron chi connectivity index (χ3n) is 2.85. The summed E-state index contributed by atoms with van der Waals surface area (Å²) in [7, 11) is 0. The van der Waals surface area contributed by atoms with Crippen molar-refractivity contribution in [3.05, 3.63) is 24.3 Å². The molecule has 12 N–H and O–H groups in total. The zero-order valence-electron chi connectivity index (χ0n) is 9.77. The predicted octanol–water partition coefficient (Wildman–Crippen LogP) is 0.847. The summed E-state index contributed by atoms with van der Waals surface area (Å²) in [5.74, 6) is 0. The molecule has 0 heterocycles. The lowest BCUT2D eigenvalue weighted by molar-refractivity contribution is 1.58. The van der Waals surface area contributed by atoms with E-state index >= 15 is 0 Å². The van der Waals surface area contributed by atoms with E-state index in [0.717, 1.165) is 0 Å². The molecule has 0 bridgehead atoms. The van der Waals surface area contributed by atoms with Crippen molar-refractivity contribution in [2.75, 3.05) is 34.4 Å².